The maximum atomic E-state index is 13.1. The lowest BCUT2D eigenvalue weighted by Crippen LogP contribution is -2.62. The number of hydrogen-bond donors (Lipinski definition) is 3. The number of hydrogen-bond acceptors (Lipinski definition) is 7. The monoisotopic (exact) mass is 410 g/mol. The quantitative estimate of drug-likeness (QED) is 0.639. The van der Waals surface area contributed by atoms with E-state index in [1.165, 1.54) is 0 Å². The van der Waals surface area contributed by atoms with Gasteiger partial charge in [0.15, 0.2) is 0 Å². The van der Waals surface area contributed by atoms with Crippen molar-refractivity contribution in [2.75, 3.05) is 45.2 Å². The minimum absolute atomic E-state index is 0.158. The molecule has 3 heterocycles. The third kappa shape index (κ3) is 4.03. The number of carbonyl (C=O) groups excluding carboxylic acids is 1. The van der Waals surface area contributed by atoms with Crippen molar-refractivity contribution in [3.05, 3.63) is 53.0 Å². The summed E-state index contributed by atoms with van der Waals surface area (Å²) in [7, 11) is 1.69. The van der Waals surface area contributed by atoms with Crippen LogP contribution in [0.5, 0.6) is 0 Å². The van der Waals surface area contributed by atoms with Gasteiger partial charge in [0.25, 0.3) is 5.91 Å². The zero-order valence-electron chi connectivity index (χ0n) is 17.9. The van der Waals surface area contributed by atoms with Crippen LogP contribution in [-0.4, -0.2) is 60.6 Å². The lowest BCUT2D eigenvalue weighted by atomic mass is 9.85. The van der Waals surface area contributed by atoms with E-state index in [0.717, 1.165) is 48.7 Å². The van der Waals surface area contributed by atoms with Crippen LogP contribution in [0.25, 0.3) is 0 Å². The maximum Gasteiger partial charge on any atom is 0.291 e. The van der Waals surface area contributed by atoms with Crippen molar-refractivity contribution in [3.8, 4) is 0 Å². The zero-order valence-corrected chi connectivity index (χ0v) is 17.9. The summed E-state index contributed by atoms with van der Waals surface area (Å²) < 4.78 is 5.79. The average molecular weight is 411 g/mol. The number of benzene rings is 1. The highest BCUT2D eigenvalue weighted by Crippen LogP contribution is 2.36. The maximum absolute atomic E-state index is 13.1. The van der Waals surface area contributed by atoms with E-state index in [4.69, 9.17) is 4.74 Å². The van der Waals surface area contributed by atoms with E-state index >= 15 is 0 Å². The molecule has 2 aliphatic rings. The van der Waals surface area contributed by atoms with Gasteiger partial charge in [0, 0.05) is 38.0 Å². The number of amides is 1. The van der Waals surface area contributed by atoms with Crippen LogP contribution < -0.4 is 16.2 Å². The largest absolute Gasteiger partial charge is 0.370 e. The Kier molecular flexibility index (Phi) is 5.99. The highest BCUT2D eigenvalue weighted by atomic mass is 16.5. The normalized spacial score (nSPS) is 18.3. The van der Waals surface area contributed by atoms with E-state index in [9.17, 15) is 4.79 Å². The second-order valence-electron chi connectivity index (χ2n) is 8.18. The van der Waals surface area contributed by atoms with Gasteiger partial charge in [-0.25, -0.2) is 9.97 Å². The Labute approximate surface area is 177 Å². The number of nitrogens with one attached hydrogen (secondary N) is 3. The number of likely N-dealkylation sites (tertiary alicyclic amines) is 1. The topological polar surface area (TPSA) is 91.4 Å². The molecule has 1 aromatic heterocycles. The molecule has 1 aromatic carbocycles. The Hall–Kier alpha value is -2.55. The van der Waals surface area contributed by atoms with Gasteiger partial charge in [0.05, 0.1) is 13.1 Å². The van der Waals surface area contributed by atoms with Crippen molar-refractivity contribution in [2.24, 2.45) is 5.92 Å². The van der Waals surface area contributed by atoms with Crippen molar-refractivity contribution in [2.45, 2.75) is 25.9 Å². The highest BCUT2D eigenvalue weighted by molar-refractivity contribution is 5.92. The molecule has 8 heteroatoms. The fourth-order valence-electron chi connectivity index (χ4n) is 4.03. The van der Waals surface area contributed by atoms with Crippen molar-refractivity contribution >= 4 is 11.7 Å². The standard InChI is InChI=1S/C22H30N6O2/c1-15-16(2)26-20(27-19(15)23-10-9-17-11-24-25-12-17)21(29)28-13-22(14-28,30-3)18-7-5-4-6-8-18/h4-8,17,24-25H,9-14H2,1-3H3,(H,23,26,27). The third-order valence-electron chi connectivity index (χ3n) is 6.20. The summed E-state index contributed by atoms with van der Waals surface area (Å²) in [5.74, 6) is 1.42. The Morgan fingerprint density at radius 3 is 2.57 bits per heavy atom. The highest BCUT2D eigenvalue weighted by Gasteiger charge is 2.47. The molecule has 2 saturated heterocycles. The van der Waals surface area contributed by atoms with Gasteiger partial charge in [-0.3, -0.25) is 15.6 Å². The Morgan fingerprint density at radius 1 is 1.20 bits per heavy atom. The van der Waals surface area contributed by atoms with Crippen molar-refractivity contribution in [1.29, 1.82) is 0 Å². The molecule has 2 aromatic rings. The van der Waals surface area contributed by atoms with Crippen LogP contribution in [0.15, 0.2) is 30.3 Å². The van der Waals surface area contributed by atoms with Gasteiger partial charge < -0.3 is 15.0 Å². The number of rotatable bonds is 7. The Morgan fingerprint density at radius 2 is 1.90 bits per heavy atom. The summed E-state index contributed by atoms with van der Waals surface area (Å²) in [6.45, 7) is 7.65. The molecule has 0 bridgehead atoms. The Balaban J connectivity index is 1.43. The van der Waals surface area contributed by atoms with Crippen LogP contribution in [0, 0.1) is 19.8 Å². The fraction of sp³-hybridized carbons (Fsp3) is 0.500. The van der Waals surface area contributed by atoms with Gasteiger partial charge in [-0.05, 0) is 31.7 Å². The number of ether oxygens (including phenoxy) is 1. The number of aryl methyl sites for hydroxylation is 1. The first-order valence-corrected chi connectivity index (χ1v) is 10.5. The molecule has 30 heavy (non-hydrogen) atoms. The summed E-state index contributed by atoms with van der Waals surface area (Å²) in [6, 6.07) is 10.0. The molecule has 0 radical (unpaired) electrons. The van der Waals surface area contributed by atoms with Crippen LogP contribution in [0.2, 0.25) is 0 Å². The van der Waals surface area contributed by atoms with E-state index in [1.54, 1.807) is 12.0 Å². The summed E-state index contributed by atoms with van der Waals surface area (Å²) in [5, 5.41) is 3.40. The molecule has 1 amide bonds. The van der Waals surface area contributed by atoms with Crippen LogP contribution >= 0.6 is 0 Å². The predicted molar refractivity (Wildman–Crippen MR) is 115 cm³/mol. The Bertz CT molecular complexity index is 892. The molecule has 0 spiro atoms. The number of aromatic nitrogens is 2. The summed E-state index contributed by atoms with van der Waals surface area (Å²) in [4.78, 5) is 23.8. The molecule has 160 valence electrons. The number of nitrogens with zero attached hydrogens (tertiary/aromatic N) is 3. The molecule has 8 nitrogen and oxygen atoms in total. The second-order valence-corrected chi connectivity index (χ2v) is 8.18. The van der Waals surface area contributed by atoms with Crippen LogP contribution in [0.3, 0.4) is 0 Å². The average Bonchev–Trinajstić information content (AvgIpc) is 3.25. The molecule has 2 aliphatic heterocycles. The number of carbonyl (C=O) groups is 1. The third-order valence-corrected chi connectivity index (χ3v) is 6.20. The van der Waals surface area contributed by atoms with Gasteiger partial charge >= 0.3 is 0 Å². The smallest absolute Gasteiger partial charge is 0.291 e. The number of hydrazine groups is 1. The first-order chi connectivity index (χ1) is 14.5. The molecule has 0 saturated carbocycles. The molecular weight excluding hydrogens is 380 g/mol. The van der Waals surface area contributed by atoms with E-state index in [1.807, 2.05) is 44.2 Å². The first kappa shape index (κ1) is 20.7. The number of methoxy groups -OCH3 is 1. The lowest BCUT2D eigenvalue weighted by molar-refractivity contribution is -0.114. The van der Waals surface area contributed by atoms with E-state index < -0.39 is 5.60 Å². The summed E-state index contributed by atoms with van der Waals surface area (Å²) >= 11 is 0. The van der Waals surface area contributed by atoms with Crippen molar-refractivity contribution in [1.82, 2.24) is 25.7 Å². The minimum Gasteiger partial charge on any atom is -0.370 e. The van der Waals surface area contributed by atoms with E-state index in [-0.39, 0.29) is 11.7 Å². The van der Waals surface area contributed by atoms with Gasteiger partial charge in [-0.1, -0.05) is 30.3 Å². The van der Waals surface area contributed by atoms with Crippen LogP contribution in [-0.2, 0) is 10.3 Å². The van der Waals surface area contributed by atoms with Crippen molar-refractivity contribution in [3.63, 3.8) is 0 Å². The molecule has 2 fully saturated rings. The summed E-state index contributed by atoms with van der Waals surface area (Å²) in [5.41, 5.74) is 8.72. The van der Waals surface area contributed by atoms with E-state index in [0.29, 0.717) is 19.0 Å². The second kappa shape index (κ2) is 8.67. The molecule has 3 N–H and O–H groups in total. The van der Waals surface area contributed by atoms with Gasteiger partial charge in [-0.15, -0.1) is 0 Å². The molecular formula is C22H30N6O2. The van der Waals surface area contributed by atoms with Crippen molar-refractivity contribution < 1.29 is 9.53 Å². The molecule has 4 rings (SSSR count). The lowest BCUT2D eigenvalue weighted by Gasteiger charge is -2.49. The van der Waals surface area contributed by atoms with Crippen LogP contribution in [0.4, 0.5) is 5.82 Å². The zero-order chi connectivity index (χ0) is 21.1. The fourth-order valence-corrected chi connectivity index (χ4v) is 4.03. The van der Waals surface area contributed by atoms with Gasteiger partial charge in [0.2, 0.25) is 5.82 Å². The van der Waals surface area contributed by atoms with Gasteiger partial charge in [-0.2, -0.15) is 0 Å². The van der Waals surface area contributed by atoms with Crippen LogP contribution in [0.1, 0.15) is 33.9 Å². The van der Waals surface area contributed by atoms with E-state index in [2.05, 4.69) is 26.1 Å². The van der Waals surface area contributed by atoms with Gasteiger partial charge in [0.1, 0.15) is 11.4 Å². The predicted octanol–water partition coefficient (Wildman–Crippen LogP) is 1.62. The molecule has 0 aliphatic carbocycles. The molecule has 0 atom stereocenters. The molecule has 0 unspecified atom stereocenters. The first-order valence-electron chi connectivity index (χ1n) is 10.5. The SMILES string of the molecule is COC1(c2ccccc2)CN(C(=O)c2nc(C)c(C)c(NCCC3CNNC3)n2)C1. The number of anilines is 1. The summed E-state index contributed by atoms with van der Waals surface area (Å²) in [6.07, 6.45) is 1.03. The minimum atomic E-state index is -0.457.